The summed E-state index contributed by atoms with van der Waals surface area (Å²) in [5.74, 6) is -1.03. The van der Waals surface area contributed by atoms with Crippen LogP contribution in [0.2, 0.25) is 0 Å². The maximum absolute atomic E-state index is 10.6. The first kappa shape index (κ1) is 11.1. The van der Waals surface area contributed by atoms with Crippen molar-refractivity contribution in [1.82, 2.24) is 9.97 Å². The van der Waals surface area contributed by atoms with Crippen molar-refractivity contribution in [1.29, 1.82) is 0 Å². The Morgan fingerprint density at radius 3 is 2.71 bits per heavy atom. The van der Waals surface area contributed by atoms with Gasteiger partial charge in [-0.2, -0.15) is 0 Å². The molecule has 5 nitrogen and oxygen atoms in total. The van der Waals surface area contributed by atoms with E-state index in [0.717, 1.165) is 17.1 Å². The number of aromatic carboxylic acids is 1. The number of aryl methyl sites for hydroxylation is 1. The van der Waals surface area contributed by atoms with E-state index in [1.165, 1.54) is 12.3 Å². The minimum absolute atomic E-state index is 0.0264. The standard InChI is InChI=1S/C12H11N3O2/c1-8-10(3-2-6-13-8)15-9-4-5-11(12(16)17)14-7-9/h2-7,15H,1H3,(H,16,17). The fourth-order valence-corrected chi connectivity index (χ4v) is 1.37. The van der Waals surface area contributed by atoms with E-state index in [4.69, 9.17) is 5.11 Å². The van der Waals surface area contributed by atoms with Crippen LogP contribution in [0.5, 0.6) is 0 Å². The number of anilines is 2. The van der Waals surface area contributed by atoms with Gasteiger partial charge in [-0.25, -0.2) is 9.78 Å². The molecule has 0 aliphatic carbocycles. The molecular weight excluding hydrogens is 218 g/mol. The molecule has 0 saturated heterocycles. The molecule has 0 radical (unpaired) electrons. The summed E-state index contributed by atoms with van der Waals surface area (Å²) >= 11 is 0. The fraction of sp³-hybridized carbons (Fsp3) is 0.0833. The average molecular weight is 229 g/mol. The summed E-state index contributed by atoms with van der Waals surface area (Å²) in [6, 6.07) is 6.85. The van der Waals surface area contributed by atoms with Crippen LogP contribution in [0.25, 0.3) is 0 Å². The van der Waals surface area contributed by atoms with Gasteiger partial charge in [0.2, 0.25) is 0 Å². The van der Waals surface area contributed by atoms with E-state index in [1.807, 2.05) is 19.1 Å². The molecule has 0 bridgehead atoms. The van der Waals surface area contributed by atoms with Gasteiger partial charge in [0, 0.05) is 6.20 Å². The molecule has 0 saturated carbocycles. The molecule has 0 atom stereocenters. The molecule has 0 amide bonds. The number of pyridine rings is 2. The summed E-state index contributed by atoms with van der Waals surface area (Å²) in [4.78, 5) is 18.6. The Morgan fingerprint density at radius 2 is 2.12 bits per heavy atom. The Kier molecular flexibility index (Phi) is 3.00. The first-order valence-electron chi connectivity index (χ1n) is 5.05. The first-order chi connectivity index (χ1) is 8.16. The predicted octanol–water partition coefficient (Wildman–Crippen LogP) is 2.23. The third-order valence-electron chi connectivity index (χ3n) is 2.27. The van der Waals surface area contributed by atoms with Crippen LogP contribution in [0.4, 0.5) is 11.4 Å². The van der Waals surface area contributed by atoms with E-state index >= 15 is 0 Å². The van der Waals surface area contributed by atoms with Gasteiger partial charge >= 0.3 is 5.97 Å². The number of carboxylic acid groups (broad SMARTS) is 1. The van der Waals surface area contributed by atoms with Crippen molar-refractivity contribution in [3.8, 4) is 0 Å². The van der Waals surface area contributed by atoms with E-state index in [9.17, 15) is 4.79 Å². The lowest BCUT2D eigenvalue weighted by atomic mass is 10.3. The average Bonchev–Trinajstić information content (AvgIpc) is 2.33. The topological polar surface area (TPSA) is 75.1 Å². The van der Waals surface area contributed by atoms with E-state index in [-0.39, 0.29) is 5.69 Å². The van der Waals surface area contributed by atoms with Gasteiger partial charge in [0.1, 0.15) is 5.69 Å². The van der Waals surface area contributed by atoms with Gasteiger partial charge in [0.05, 0.1) is 23.3 Å². The van der Waals surface area contributed by atoms with E-state index in [0.29, 0.717) is 0 Å². The quantitative estimate of drug-likeness (QED) is 0.844. The monoisotopic (exact) mass is 229 g/mol. The van der Waals surface area contributed by atoms with Gasteiger partial charge in [-0.15, -0.1) is 0 Å². The molecule has 2 rings (SSSR count). The number of hydrogen-bond acceptors (Lipinski definition) is 4. The van der Waals surface area contributed by atoms with Crippen LogP contribution in [0.1, 0.15) is 16.2 Å². The van der Waals surface area contributed by atoms with Crippen molar-refractivity contribution >= 4 is 17.3 Å². The molecule has 0 unspecified atom stereocenters. The SMILES string of the molecule is Cc1ncccc1Nc1ccc(C(=O)O)nc1. The number of carbonyl (C=O) groups is 1. The highest BCUT2D eigenvalue weighted by molar-refractivity contribution is 5.85. The van der Waals surface area contributed by atoms with Crippen LogP contribution < -0.4 is 5.32 Å². The number of aromatic nitrogens is 2. The van der Waals surface area contributed by atoms with Gasteiger partial charge in [0.25, 0.3) is 0 Å². The zero-order chi connectivity index (χ0) is 12.3. The van der Waals surface area contributed by atoms with Crippen molar-refractivity contribution in [3.05, 3.63) is 48.0 Å². The van der Waals surface area contributed by atoms with Crippen LogP contribution in [-0.4, -0.2) is 21.0 Å². The van der Waals surface area contributed by atoms with Crippen molar-refractivity contribution in [2.75, 3.05) is 5.32 Å². The molecule has 86 valence electrons. The molecule has 2 aromatic rings. The predicted molar refractivity (Wildman–Crippen MR) is 63.5 cm³/mol. The van der Waals surface area contributed by atoms with Crippen LogP contribution in [0, 0.1) is 6.92 Å². The summed E-state index contributed by atoms with van der Waals surface area (Å²) in [6.45, 7) is 1.89. The highest BCUT2D eigenvalue weighted by Crippen LogP contribution is 2.17. The van der Waals surface area contributed by atoms with Crippen molar-refractivity contribution in [3.63, 3.8) is 0 Å². The number of hydrogen-bond donors (Lipinski definition) is 2. The van der Waals surface area contributed by atoms with Crippen LogP contribution in [-0.2, 0) is 0 Å². The molecule has 5 heteroatoms. The maximum Gasteiger partial charge on any atom is 0.354 e. The third kappa shape index (κ3) is 2.57. The van der Waals surface area contributed by atoms with Gasteiger partial charge in [-0.3, -0.25) is 4.98 Å². The highest BCUT2D eigenvalue weighted by Gasteiger charge is 2.04. The summed E-state index contributed by atoms with van der Waals surface area (Å²) in [5.41, 5.74) is 2.50. The maximum atomic E-state index is 10.6. The molecule has 2 aromatic heterocycles. The smallest absolute Gasteiger partial charge is 0.354 e. The van der Waals surface area contributed by atoms with Gasteiger partial charge in [0.15, 0.2) is 0 Å². The number of nitrogens with zero attached hydrogens (tertiary/aromatic N) is 2. The molecule has 0 fully saturated rings. The van der Waals surface area contributed by atoms with Crippen LogP contribution in [0.15, 0.2) is 36.7 Å². The van der Waals surface area contributed by atoms with E-state index in [1.54, 1.807) is 12.3 Å². The second-order valence-corrected chi connectivity index (χ2v) is 3.50. The van der Waals surface area contributed by atoms with E-state index in [2.05, 4.69) is 15.3 Å². The Bertz CT molecular complexity index is 538. The van der Waals surface area contributed by atoms with E-state index < -0.39 is 5.97 Å². The lowest BCUT2D eigenvalue weighted by molar-refractivity contribution is 0.0690. The largest absolute Gasteiger partial charge is 0.477 e. The normalized spacial score (nSPS) is 9.94. The highest BCUT2D eigenvalue weighted by atomic mass is 16.4. The second-order valence-electron chi connectivity index (χ2n) is 3.50. The zero-order valence-electron chi connectivity index (χ0n) is 9.21. The Morgan fingerprint density at radius 1 is 1.29 bits per heavy atom. The summed E-state index contributed by atoms with van der Waals surface area (Å²) in [7, 11) is 0. The number of carboxylic acids is 1. The lowest BCUT2D eigenvalue weighted by Crippen LogP contribution is -2.01. The number of rotatable bonds is 3. The van der Waals surface area contributed by atoms with Crippen molar-refractivity contribution < 1.29 is 9.90 Å². The minimum Gasteiger partial charge on any atom is -0.477 e. The van der Waals surface area contributed by atoms with Crippen LogP contribution >= 0.6 is 0 Å². The van der Waals surface area contributed by atoms with Gasteiger partial charge in [-0.1, -0.05) is 0 Å². The molecule has 17 heavy (non-hydrogen) atoms. The Hall–Kier alpha value is -2.43. The second kappa shape index (κ2) is 4.61. The van der Waals surface area contributed by atoms with Gasteiger partial charge in [-0.05, 0) is 31.2 Å². The third-order valence-corrected chi connectivity index (χ3v) is 2.27. The molecular formula is C12H11N3O2. The lowest BCUT2D eigenvalue weighted by Gasteiger charge is -2.07. The molecule has 2 heterocycles. The fourth-order valence-electron chi connectivity index (χ4n) is 1.37. The Balaban J connectivity index is 2.20. The summed E-state index contributed by atoms with van der Waals surface area (Å²) < 4.78 is 0. The molecule has 0 aliphatic heterocycles. The first-order valence-corrected chi connectivity index (χ1v) is 5.05. The summed E-state index contributed by atoms with van der Waals surface area (Å²) in [6.07, 6.45) is 3.20. The van der Waals surface area contributed by atoms with Gasteiger partial charge < -0.3 is 10.4 Å². The molecule has 0 aliphatic rings. The molecule has 0 aromatic carbocycles. The van der Waals surface area contributed by atoms with Crippen LogP contribution in [0.3, 0.4) is 0 Å². The number of nitrogens with one attached hydrogen (secondary N) is 1. The van der Waals surface area contributed by atoms with Crippen molar-refractivity contribution in [2.24, 2.45) is 0 Å². The molecule has 2 N–H and O–H groups in total. The minimum atomic E-state index is -1.03. The zero-order valence-corrected chi connectivity index (χ0v) is 9.21. The Labute approximate surface area is 98.2 Å². The van der Waals surface area contributed by atoms with Crippen molar-refractivity contribution in [2.45, 2.75) is 6.92 Å². The summed E-state index contributed by atoms with van der Waals surface area (Å²) in [5, 5.41) is 11.8. The molecule has 0 spiro atoms.